The summed E-state index contributed by atoms with van der Waals surface area (Å²) in [5.41, 5.74) is 2.46. The Kier molecular flexibility index (Phi) is 5.35. The van der Waals surface area contributed by atoms with Crippen molar-refractivity contribution in [3.05, 3.63) is 90.3 Å². The van der Waals surface area contributed by atoms with E-state index in [0.29, 0.717) is 13.2 Å². The standard InChI is InChI=1S/C26H25N3O3/c30-24(28-15-12-19-10-13-27-14-11-19)17-29-23-9-5-4-8-21(23)22-16-26(22,25(29)31)18-32-20-6-2-1-3-7-20/h1-11,13-14,22H,12,15-18H2,(H,28,30)/t22-,26+/m0/s1. The fraction of sp³-hybridized carbons (Fsp3) is 0.269. The van der Waals surface area contributed by atoms with E-state index in [1.54, 1.807) is 17.3 Å². The molecule has 1 aliphatic carbocycles. The van der Waals surface area contributed by atoms with E-state index in [9.17, 15) is 9.59 Å². The van der Waals surface area contributed by atoms with E-state index >= 15 is 0 Å². The lowest BCUT2D eigenvalue weighted by molar-refractivity contribution is -0.128. The van der Waals surface area contributed by atoms with E-state index in [1.807, 2.05) is 60.7 Å². The Hall–Kier alpha value is -3.67. The minimum absolute atomic E-state index is 0.00595. The number of pyridine rings is 1. The molecule has 2 atom stereocenters. The molecule has 162 valence electrons. The largest absolute Gasteiger partial charge is 0.492 e. The highest BCUT2D eigenvalue weighted by Gasteiger charge is 2.66. The minimum atomic E-state index is -0.596. The van der Waals surface area contributed by atoms with E-state index in [0.717, 1.165) is 35.4 Å². The van der Waals surface area contributed by atoms with Crippen LogP contribution < -0.4 is 15.0 Å². The van der Waals surface area contributed by atoms with Crippen LogP contribution in [0.5, 0.6) is 5.75 Å². The average Bonchev–Trinajstić information content (AvgIpc) is 3.58. The number of carbonyl (C=O) groups is 2. The van der Waals surface area contributed by atoms with Crippen LogP contribution in [0.4, 0.5) is 5.69 Å². The van der Waals surface area contributed by atoms with Gasteiger partial charge in [-0.05, 0) is 54.3 Å². The van der Waals surface area contributed by atoms with Gasteiger partial charge in [0.1, 0.15) is 18.9 Å². The summed E-state index contributed by atoms with van der Waals surface area (Å²) in [6.45, 7) is 0.832. The van der Waals surface area contributed by atoms with Crippen molar-refractivity contribution in [3.63, 3.8) is 0 Å². The van der Waals surface area contributed by atoms with Gasteiger partial charge >= 0.3 is 0 Å². The number of amides is 2. The van der Waals surface area contributed by atoms with E-state index in [2.05, 4.69) is 16.4 Å². The highest BCUT2D eigenvalue weighted by atomic mass is 16.5. The summed E-state index contributed by atoms with van der Waals surface area (Å²) in [6, 6.07) is 21.3. The number of benzene rings is 2. The molecule has 1 fully saturated rings. The number of hydrogen-bond acceptors (Lipinski definition) is 4. The molecule has 0 unspecified atom stereocenters. The van der Waals surface area contributed by atoms with Gasteiger partial charge in [0.05, 0.1) is 5.41 Å². The zero-order valence-electron chi connectivity index (χ0n) is 17.7. The Bertz CT molecular complexity index is 1120. The van der Waals surface area contributed by atoms with Gasteiger partial charge in [0.2, 0.25) is 11.8 Å². The van der Waals surface area contributed by atoms with Gasteiger partial charge in [-0.2, -0.15) is 0 Å². The number of fused-ring (bicyclic) bond motifs is 3. The average molecular weight is 428 g/mol. The quantitative estimate of drug-likeness (QED) is 0.599. The molecule has 0 bridgehead atoms. The van der Waals surface area contributed by atoms with E-state index in [1.165, 1.54) is 0 Å². The third-order valence-electron chi connectivity index (χ3n) is 6.38. The number of carbonyl (C=O) groups excluding carboxylic acids is 2. The van der Waals surface area contributed by atoms with Crippen molar-refractivity contribution >= 4 is 17.5 Å². The second-order valence-corrected chi connectivity index (χ2v) is 8.42. The smallest absolute Gasteiger partial charge is 0.240 e. The van der Waals surface area contributed by atoms with Gasteiger partial charge in [0.15, 0.2) is 0 Å². The van der Waals surface area contributed by atoms with Gasteiger partial charge in [-0.3, -0.25) is 14.6 Å². The topological polar surface area (TPSA) is 71.5 Å². The molecule has 2 amide bonds. The first-order chi connectivity index (χ1) is 15.7. The summed E-state index contributed by atoms with van der Waals surface area (Å²) in [7, 11) is 0. The Morgan fingerprint density at radius 1 is 1.06 bits per heavy atom. The first kappa shape index (κ1) is 20.2. The molecule has 0 radical (unpaired) electrons. The normalized spacial score (nSPS) is 20.8. The number of rotatable bonds is 8. The molecule has 32 heavy (non-hydrogen) atoms. The van der Waals surface area contributed by atoms with Crippen molar-refractivity contribution in [1.82, 2.24) is 10.3 Å². The maximum Gasteiger partial charge on any atom is 0.240 e. The van der Waals surface area contributed by atoms with Gasteiger partial charge in [-0.1, -0.05) is 36.4 Å². The summed E-state index contributed by atoms with van der Waals surface area (Å²) in [4.78, 5) is 31.9. The van der Waals surface area contributed by atoms with Gasteiger partial charge in [-0.25, -0.2) is 0 Å². The second kappa shape index (κ2) is 8.46. The Balaban J connectivity index is 1.28. The lowest BCUT2D eigenvalue weighted by atomic mass is 9.92. The van der Waals surface area contributed by atoms with E-state index < -0.39 is 5.41 Å². The molecule has 1 aliphatic heterocycles. The molecule has 5 rings (SSSR count). The van der Waals surface area contributed by atoms with Crippen LogP contribution in [0.2, 0.25) is 0 Å². The molecule has 3 aromatic rings. The highest BCUT2D eigenvalue weighted by Crippen LogP contribution is 2.65. The van der Waals surface area contributed by atoms with Crippen LogP contribution in [-0.2, 0) is 16.0 Å². The van der Waals surface area contributed by atoms with Crippen LogP contribution in [0.1, 0.15) is 23.5 Å². The maximum atomic E-state index is 13.6. The van der Waals surface area contributed by atoms with Crippen molar-refractivity contribution in [2.24, 2.45) is 5.41 Å². The summed E-state index contributed by atoms with van der Waals surface area (Å²) in [5.74, 6) is 0.697. The molecule has 0 spiro atoms. The van der Waals surface area contributed by atoms with Crippen LogP contribution in [0.15, 0.2) is 79.1 Å². The van der Waals surface area contributed by atoms with Crippen molar-refractivity contribution in [1.29, 1.82) is 0 Å². The molecule has 0 saturated heterocycles. The molecule has 1 N–H and O–H groups in total. The third kappa shape index (κ3) is 3.84. The van der Waals surface area contributed by atoms with Crippen molar-refractivity contribution in [2.45, 2.75) is 18.8 Å². The first-order valence-corrected chi connectivity index (χ1v) is 10.9. The molecule has 2 aliphatic rings. The summed E-state index contributed by atoms with van der Waals surface area (Å²) in [6.07, 6.45) is 4.94. The third-order valence-corrected chi connectivity index (χ3v) is 6.38. The molecule has 1 saturated carbocycles. The Morgan fingerprint density at radius 3 is 2.62 bits per heavy atom. The van der Waals surface area contributed by atoms with Crippen LogP contribution in [0.3, 0.4) is 0 Å². The second-order valence-electron chi connectivity index (χ2n) is 8.42. The van der Waals surface area contributed by atoms with E-state index in [-0.39, 0.29) is 24.3 Å². The van der Waals surface area contributed by atoms with Gasteiger partial charge < -0.3 is 15.0 Å². The Labute approximate surface area is 187 Å². The molecule has 6 heteroatoms. The van der Waals surface area contributed by atoms with Crippen molar-refractivity contribution < 1.29 is 14.3 Å². The maximum absolute atomic E-state index is 13.6. The fourth-order valence-electron chi connectivity index (χ4n) is 4.56. The Morgan fingerprint density at radius 2 is 1.81 bits per heavy atom. The lowest BCUT2D eigenvalue weighted by Gasteiger charge is -2.33. The van der Waals surface area contributed by atoms with E-state index in [4.69, 9.17) is 4.74 Å². The summed E-state index contributed by atoms with van der Waals surface area (Å²) < 4.78 is 5.99. The predicted molar refractivity (Wildman–Crippen MR) is 121 cm³/mol. The SMILES string of the molecule is O=C(CN1C(=O)[C@@]2(COc3ccccc3)C[C@H]2c2ccccc21)NCCc1ccncc1. The van der Waals surface area contributed by atoms with Crippen molar-refractivity contribution in [3.8, 4) is 5.75 Å². The van der Waals surface area contributed by atoms with Gasteiger partial charge in [-0.15, -0.1) is 0 Å². The van der Waals surface area contributed by atoms with Crippen LogP contribution in [0.25, 0.3) is 0 Å². The van der Waals surface area contributed by atoms with Crippen LogP contribution >= 0.6 is 0 Å². The first-order valence-electron chi connectivity index (χ1n) is 10.9. The monoisotopic (exact) mass is 427 g/mol. The highest BCUT2D eigenvalue weighted by molar-refractivity contribution is 6.07. The predicted octanol–water partition coefficient (Wildman–Crippen LogP) is 3.34. The number of aromatic nitrogens is 1. The van der Waals surface area contributed by atoms with Crippen LogP contribution in [0, 0.1) is 5.41 Å². The van der Waals surface area contributed by atoms with Gasteiger partial charge in [0.25, 0.3) is 0 Å². The molecule has 2 heterocycles. The number of nitrogens with zero attached hydrogens (tertiary/aromatic N) is 2. The minimum Gasteiger partial charge on any atom is -0.492 e. The zero-order valence-corrected chi connectivity index (χ0v) is 17.7. The van der Waals surface area contributed by atoms with Crippen molar-refractivity contribution in [2.75, 3.05) is 24.6 Å². The zero-order chi connectivity index (χ0) is 22.0. The fourth-order valence-corrected chi connectivity index (χ4v) is 4.56. The molecule has 2 aromatic carbocycles. The lowest BCUT2D eigenvalue weighted by Crippen LogP contribution is -2.48. The van der Waals surface area contributed by atoms with Crippen LogP contribution in [-0.4, -0.2) is 36.5 Å². The molecule has 1 aromatic heterocycles. The number of hydrogen-bond donors (Lipinski definition) is 1. The molecule has 6 nitrogen and oxygen atoms in total. The summed E-state index contributed by atoms with van der Waals surface area (Å²) in [5, 5.41) is 2.94. The summed E-state index contributed by atoms with van der Waals surface area (Å²) >= 11 is 0. The van der Waals surface area contributed by atoms with Gasteiger partial charge in [0, 0.05) is 30.5 Å². The number of nitrogens with one attached hydrogen (secondary N) is 1. The number of para-hydroxylation sites is 2. The number of ether oxygens (including phenoxy) is 1. The number of anilines is 1. The molecular weight excluding hydrogens is 402 g/mol. The molecular formula is C26H25N3O3.